The molecule has 2 aromatic heterocycles. The van der Waals surface area contributed by atoms with E-state index < -0.39 is 0 Å². The summed E-state index contributed by atoms with van der Waals surface area (Å²) < 4.78 is 15.3. The van der Waals surface area contributed by atoms with E-state index >= 15 is 0 Å². The number of benzene rings is 2. The van der Waals surface area contributed by atoms with Crippen molar-refractivity contribution in [1.29, 1.82) is 0 Å². The second-order valence-corrected chi connectivity index (χ2v) is 7.10. The lowest BCUT2D eigenvalue weighted by molar-refractivity contribution is 0.628. The molecular weight excluding hydrogens is 345 g/mol. The first-order valence-electron chi connectivity index (χ1n) is 8.34. The van der Waals surface area contributed by atoms with E-state index in [2.05, 4.69) is 35.5 Å². The van der Waals surface area contributed by atoms with Gasteiger partial charge in [-0.1, -0.05) is 24.3 Å². The summed E-state index contributed by atoms with van der Waals surface area (Å²) in [7, 11) is 0. The van der Waals surface area contributed by atoms with Crippen molar-refractivity contribution in [2.45, 2.75) is 18.7 Å². The number of hydrogen-bond acceptors (Lipinski definition) is 3. The second kappa shape index (κ2) is 6.57. The van der Waals surface area contributed by atoms with Gasteiger partial charge < -0.3 is 0 Å². The Morgan fingerprint density at radius 3 is 2.23 bits per heavy atom. The smallest absolute Gasteiger partial charge is 0.163 e. The monoisotopic (exact) mass is 363 g/mol. The van der Waals surface area contributed by atoms with Crippen LogP contribution in [-0.2, 0) is 0 Å². The van der Waals surface area contributed by atoms with Gasteiger partial charge in [-0.15, -0.1) is 11.8 Å². The van der Waals surface area contributed by atoms with Gasteiger partial charge in [0.25, 0.3) is 0 Å². The molecule has 0 radical (unpaired) electrons. The number of aryl methyl sites for hydroxylation is 2. The minimum absolute atomic E-state index is 0.254. The van der Waals surface area contributed by atoms with Gasteiger partial charge in [-0.25, -0.2) is 13.9 Å². The summed E-state index contributed by atoms with van der Waals surface area (Å²) in [5, 5.41) is 4.85. The summed E-state index contributed by atoms with van der Waals surface area (Å²) in [6.45, 7) is 4.06. The largest absolute Gasteiger partial charge is 0.236 e. The Morgan fingerprint density at radius 1 is 0.923 bits per heavy atom. The van der Waals surface area contributed by atoms with Gasteiger partial charge in [0, 0.05) is 22.3 Å². The number of rotatable bonds is 3. The van der Waals surface area contributed by atoms with E-state index in [0.717, 1.165) is 39.3 Å². The normalized spacial score (nSPS) is 11.2. The van der Waals surface area contributed by atoms with E-state index in [1.54, 1.807) is 23.9 Å². The molecule has 5 heteroatoms. The molecule has 2 aromatic carbocycles. The number of fused-ring (bicyclic) bond motifs is 1. The summed E-state index contributed by atoms with van der Waals surface area (Å²) in [4.78, 5) is 5.82. The number of aromatic nitrogens is 3. The molecule has 2 heterocycles. The van der Waals surface area contributed by atoms with Crippen LogP contribution in [0.5, 0.6) is 0 Å². The molecule has 0 spiro atoms. The van der Waals surface area contributed by atoms with Crippen LogP contribution in [0.2, 0.25) is 0 Å². The Balaban J connectivity index is 2.02. The Bertz CT molecular complexity index is 1080. The van der Waals surface area contributed by atoms with Crippen molar-refractivity contribution in [2.75, 3.05) is 6.26 Å². The third-order valence-electron chi connectivity index (χ3n) is 4.63. The number of halogens is 1. The molecule has 130 valence electrons. The van der Waals surface area contributed by atoms with E-state index in [-0.39, 0.29) is 5.82 Å². The van der Waals surface area contributed by atoms with Crippen molar-refractivity contribution in [1.82, 2.24) is 14.6 Å². The fourth-order valence-electron chi connectivity index (χ4n) is 3.01. The Labute approximate surface area is 155 Å². The predicted octanol–water partition coefficient (Wildman–Crippen LogP) is 5.54. The zero-order valence-corrected chi connectivity index (χ0v) is 15.6. The first kappa shape index (κ1) is 16.8. The third kappa shape index (κ3) is 2.78. The van der Waals surface area contributed by atoms with Gasteiger partial charge in [0.05, 0.1) is 5.56 Å². The molecule has 3 nitrogen and oxygen atoms in total. The highest BCUT2D eigenvalue weighted by atomic mass is 32.2. The summed E-state index contributed by atoms with van der Waals surface area (Å²) in [5.74, 6) is -0.254. The first-order valence-corrected chi connectivity index (χ1v) is 9.56. The Hall–Kier alpha value is -2.66. The lowest BCUT2D eigenvalue weighted by Gasteiger charge is -2.05. The molecular formula is C21H18FN3S. The summed E-state index contributed by atoms with van der Waals surface area (Å²) in [6.07, 6.45) is 3.92. The first-order chi connectivity index (χ1) is 12.6. The molecule has 0 bridgehead atoms. The Morgan fingerprint density at radius 2 is 1.58 bits per heavy atom. The van der Waals surface area contributed by atoms with Gasteiger partial charge in [-0.2, -0.15) is 5.10 Å². The minimum atomic E-state index is -0.254. The molecule has 0 amide bonds. The van der Waals surface area contributed by atoms with Crippen molar-refractivity contribution in [2.24, 2.45) is 0 Å². The van der Waals surface area contributed by atoms with Crippen LogP contribution < -0.4 is 0 Å². The van der Waals surface area contributed by atoms with Crippen molar-refractivity contribution in [3.63, 3.8) is 0 Å². The van der Waals surface area contributed by atoms with E-state index in [0.29, 0.717) is 0 Å². The van der Waals surface area contributed by atoms with Crippen molar-refractivity contribution < 1.29 is 4.39 Å². The van der Waals surface area contributed by atoms with Gasteiger partial charge >= 0.3 is 0 Å². The highest BCUT2D eigenvalue weighted by molar-refractivity contribution is 7.98. The lowest BCUT2D eigenvalue weighted by Crippen LogP contribution is -1.98. The SMILES string of the molecule is CSc1ccc(-c2nn3c(C)c(C)cnc3c2-c2ccc(F)cc2)cc1. The topological polar surface area (TPSA) is 30.2 Å². The van der Waals surface area contributed by atoms with Crippen LogP contribution in [0.25, 0.3) is 28.0 Å². The molecule has 0 saturated carbocycles. The molecule has 4 rings (SSSR count). The molecule has 0 fully saturated rings. The maximum Gasteiger partial charge on any atom is 0.163 e. The molecule has 0 atom stereocenters. The van der Waals surface area contributed by atoms with E-state index in [4.69, 9.17) is 5.10 Å². The van der Waals surface area contributed by atoms with Crippen LogP contribution >= 0.6 is 11.8 Å². The molecule has 0 aliphatic heterocycles. The van der Waals surface area contributed by atoms with Gasteiger partial charge in [0.15, 0.2) is 5.65 Å². The highest BCUT2D eigenvalue weighted by Gasteiger charge is 2.19. The molecule has 0 saturated heterocycles. The maximum absolute atomic E-state index is 13.4. The van der Waals surface area contributed by atoms with Crippen molar-refractivity contribution in [3.05, 3.63) is 71.8 Å². The van der Waals surface area contributed by atoms with Crippen LogP contribution in [0.4, 0.5) is 4.39 Å². The summed E-state index contributed by atoms with van der Waals surface area (Å²) in [6, 6.07) is 14.8. The fourth-order valence-corrected chi connectivity index (χ4v) is 3.42. The van der Waals surface area contributed by atoms with Crippen LogP contribution in [-0.4, -0.2) is 20.9 Å². The van der Waals surface area contributed by atoms with Crippen LogP contribution in [0.3, 0.4) is 0 Å². The van der Waals surface area contributed by atoms with Crippen molar-refractivity contribution in [3.8, 4) is 22.4 Å². The Kier molecular flexibility index (Phi) is 4.24. The standard InChI is InChI=1S/C21H18FN3S/c1-13-12-23-21-19(15-4-8-17(22)9-5-15)20(24-25(21)14(13)2)16-6-10-18(26-3)11-7-16/h4-12H,1-3H3. The zero-order chi connectivity index (χ0) is 18.3. The minimum Gasteiger partial charge on any atom is -0.236 e. The van der Waals surface area contributed by atoms with Crippen LogP contribution in [0.1, 0.15) is 11.3 Å². The van der Waals surface area contributed by atoms with Gasteiger partial charge in [0.2, 0.25) is 0 Å². The van der Waals surface area contributed by atoms with Gasteiger partial charge in [0.1, 0.15) is 11.5 Å². The molecule has 0 N–H and O–H groups in total. The highest BCUT2D eigenvalue weighted by Crippen LogP contribution is 2.35. The second-order valence-electron chi connectivity index (χ2n) is 6.22. The predicted molar refractivity (Wildman–Crippen MR) is 105 cm³/mol. The summed E-state index contributed by atoms with van der Waals surface area (Å²) in [5.41, 5.74) is 6.60. The molecule has 4 aromatic rings. The molecule has 0 aliphatic rings. The fraction of sp³-hybridized carbons (Fsp3) is 0.143. The quantitative estimate of drug-likeness (QED) is 0.448. The van der Waals surface area contributed by atoms with Gasteiger partial charge in [-0.3, -0.25) is 0 Å². The van der Waals surface area contributed by atoms with E-state index in [9.17, 15) is 4.39 Å². The van der Waals surface area contributed by atoms with E-state index in [1.165, 1.54) is 17.0 Å². The number of hydrogen-bond donors (Lipinski definition) is 0. The van der Waals surface area contributed by atoms with Crippen molar-refractivity contribution >= 4 is 17.4 Å². The molecule has 0 unspecified atom stereocenters. The summed E-state index contributed by atoms with van der Waals surface area (Å²) >= 11 is 1.70. The third-order valence-corrected chi connectivity index (χ3v) is 5.37. The average Bonchev–Trinajstić information content (AvgIpc) is 3.06. The average molecular weight is 363 g/mol. The zero-order valence-electron chi connectivity index (χ0n) is 14.8. The van der Waals surface area contributed by atoms with Crippen LogP contribution in [0, 0.1) is 19.7 Å². The number of nitrogens with zero attached hydrogens (tertiary/aromatic N) is 3. The lowest BCUT2D eigenvalue weighted by atomic mass is 10.0. The van der Waals surface area contributed by atoms with Crippen LogP contribution in [0.15, 0.2) is 59.6 Å². The van der Waals surface area contributed by atoms with E-state index in [1.807, 2.05) is 24.6 Å². The number of thioether (sulfide) groups is 1. The maximum atomic E-state index is 13.4. The molecule has 0 aliphatic carbocycles. The molecule has 26 heavy (non-hydrogen) atoms. The van der Waals surface area contributed by atoms with Gasteiger partial charge in [-0.05, 0) is 55.5 Å².